The van der Waals surface area contributed by atoms with E-state index in [2.05, 4.69) is 11.9 Å². The zero-order chi connectivity index (χ0) is 14.9. The van der Waals surface area contributed by atoms with E-state index in [1.165, 1.54) is 0 Å². The normalized spacial score (nSPS) is 34.4. The van der Waals surface area contributed by atoms with Crippen LogP contribution >= 0.6 is 0 Å². The Balaban J connectivity index is 1.93. The van der Waals surface area contributed by atoms with Gasteiger partial charge in [-0.2, -0.15) is 0 Å². The first-order valence-corrected chi connectivity index (χ1v) is 7.54. The van der Waals surface area contributed by atoms with Gasteiger partial charge < -0.3 is 14.9 Å². The number of nitrogens with zero attached hydrogens (tertiary/aromatic N) is 2. The number of hydrogen-bond acceptors (Lipinski definition) is 3. The van der Waals surface area contributed by atoms with E-state index in [1.807, 2.05) is 14.0 Å². The molecule has 1 N–H and O–H groups in total. The van der Waals surface area contributed by atoms with Gasteiger partial charge in [-0.05, 0) is 44.7 Å². The average Bonchev–Trinajstić information content (AvgIpc) is 2.94. The van der Waals surface area contributed by atoms with Crippen LogP contribution in [0.4, 0.5) is 0 Å². The fourth-order valence-corrected chi connectivity index (χ4v) is 3.77. The van der Waals surface area contributed by atoms with Crippen molar-refractivity contribution in [3.8, 4) is 0 Å². The summed E-state index contributed by atoms with van der Waals surface area (Å²) in [5, 5.41) is 9.27. The van der Waals surface area contributed by atoms with Gasteiger partial charge in [0.1, 0.15) is 0 Å². The summed E-state index contributed by atoms with van der Waals surface area (Å²) in [6.07, 6.45) is 2.47. The predicted octanol–water partition coefficient (Wildman–Crippen LogP) is 1.14. The predicted molar refractivity (Wildman–Crippen MR) is 76.3 cm³/mol. The van der Waals surface area contributed by atoms with Crippen molar-refractivity contribution in [1.82, 2.24) is 9.80 Å². The SMILES string of the molecule is CC1CC(C(=O)O)C(C(=O)N(C)CC2CCN(C)C2)C1. The number of rotatable bonds is 4. The molecule has 4 unspecified atom stereocenters. The van der Waals surface area contributed by atoms with E-state index in [0.29, 0.717) is 24.7 Å². The van der Waals surface area contributed by atoms with Gasteiger partial charge in [0, 0.05) is 20.1 Å². The van der Waals surface area contributed by atoms with Crippen molar-refractivity contribution in [3.05, 3.63) is 0 Å². The molecular weight excluding hydrogens is 256 g/mol. The minimum absolute atomic E-state index is 0.0244. The van der Waals surface area contributed by atoms with Crippen LogP contribution < -0.4 is 0 Å². The molecule has 2 fully saturated rings. The Morgan fingerprint density at radius 1 is 1.30 bits per heavy atom. The molecule has 1 aliphatic heterocycles. The Morgan fingerprint density at radius 3 is 2.50 bits per heavy atom. The van der Waals surface area contributed by atoms with E-state index >= 15 is 0 Å². The van der Waals surface area contributed by atoms with E-state index in [-0.39, 0.29) is 11.8 Å². The van der Waals surface area contributed by atoms with Crippen LogP contribution in [0.1, 0.15) is 26.2 Å². The summed E-state index contributed by atoms with van der Waals surface area (Å²) in [6, 6.07) is 0. The Morgan fingerprint density at radius 2 is 1.95 bits per heavy atom. The molecule has 2 rings (SSSR count). The summed E-state index contributed by atoms with van der Waals surface area (Å²) < 4.78 is 0. The molecule has 1 saturated heterocycles. The second-order valence-corrected chi connectivity index (χ2v) is 6.76. The van der Waals surface area contributed by atoms with Crippen LogP contribution in [0.3, 0.4) is 0 Å². The molecule has 114 valence electrons. The fraction of sp³-hybridized carbons (Fsp3) is 0.867. The summed E-state index contributed by atoms with van der Waals surface area (Å²) in [6.45, 7) is 4.90. The molecule has 0 aromatic heterocycles. The van der Waals surface area contributed by atoms with Gasteiger partial charge in [-0.3, -0.25) is 9.59 Å². The molecule has 0 aromatic carbocycles. The van der Waals surface area contributed by atoms with E-state index < -0.39 is 11.9 Å². The molecule has 2 aliphatic rings. The van der Waals surface area contributed by atoms with Crippen molar-refractivity contribution in [3.63, 3.8) is 0 Å². The molecule has 5 heteroatoms. The fourth-order valence-electron chi connectivity index (χ4n) is 3.77. The highest BCUT2D eigenvalue weighted by atomic mass is 16.4. The Hall–Kier alpha value is -1.10. The van der Waals surface area contributed by atoms with Gasteiger partial charge in [-0.15, -0.1) is 0 Å². The highest BCUT2D eigenvalue weighted by molar-refractivity contribution is 5.85. The maximum atomic E-state index is 12.5. The molecule has 1 heterocycles. The van der Waals surface area contributed by atoms with Gasteiger partial charge in [0.2, 0.25) is 5.91 Å². The molecule has 20 heavy (non-hydrogen) atoms. The van der Waals surface area contributed by atoms with Crippen LogP contribution in [0, 0.1) is 23.7 Å². The number of carboxylic acid groups (broad SMARTS) is 1. The lowest BCUT2D eigenvalue weighted by atomic mass is 9.94. The lowest BCUT2D eigenvalue weighted by Gasteiger charge is -2.26. The minimum Gasteiger partial charge on any atom is -0.481 e. The summed E-state index contributed by atoms with van der Waals surface area (Å²) in [5.41, 5.74) is 0. The molecule has 0 radical (unpaired) electrons. The third-order valence-electron chi connectivity index (χ3n) is 4.83. The quantitative estimate of drug-likeness (QED) is 0.840. The maximum absolute atomic E-state index is 12.5. The zero-order valence-electron chi connectivity index (χ0n) is 12.7. The first kappa shape index (κ1) is 15.3. The second kappa shape index (κ2) is 6.12. The van der Waals surface area contributed by atoms with E-state index in [0.717, 1.165) is 26.1 Å². The summed E-state index contributed by atoms with van der Waals surface area (Å²) in [7, 11) is 3.92. The highest BCUT2D eigenvalue weighted by Crippen LogP contribution is 2.37. The molecule has 1 saturated carbocycles. The molecule has 1 amide bonds. The minimum atomic E-state index is -0.818. The number of likely N-dealkylation sites (tertiary alicyclic amines) is 1. The highest BCUT2D eigenvalue weighted by Gasteiger charge is 2.42. The smallest absolute Gasteiger partial charge is 0.307 e. The van der Waals surface area contributed by atoms with Gasteiger partial charge in [0.05, 0.1) is 11.8 Å². The van der Waals surface area contributed by atoms with Crippen molar-refractivity contribution in [2.75, 3.05) is 33.7 Å². The third-order valence-corrected chi connectivity index (χ3v) is 4.83. The standard InChI is InChI=1S/C15H26N2O3/c1-10-6-12(13(7-10)15(19)20)14(18)17(3)9-11-4-5-16(2)8-11/h10-13H,4-9H2,1-3H3,(H,19,20). The summed E-state index contributed by atoms with van der Waals surface area (Å²) >= 11 is 0. The van der Waals surface area contributed by atoms with E-state index in [9.17, 15) is 14.7 Å². The maximum Gasteiger partial charge on any atom is 0.307 e. The number of carboxylic acids is 1. The monoisotopic (exact) mass is 282 g/mol. The molecule has 0 aromatic rings. The van der Waals surface area contributed by atoms with Gasteiger partial charge in [-0.1, -0.05) is 6.92 Å². The number of carbonyl (C=O) groups is 2. The van der Waals surface area contributed by atoms with Crippen molar-refractivity contribution in [2.24, 2.45) is 23.7 Å². The third kappa shape index (κ3) is 3.32. The summed E-state index contributed by atoms with van der Waals surface area (Å²) in [4.78, 5) is 27.9. The Kier molecular flexibility index (Phi) is 4.68. The molecule has 0 spiro atoms. The molecular formula is C15H26N2O3. The summed E-state index contributed by atoms with van der Waals surface area (Å²) in [5.74, 6) is -0.761. The van der Waals surface area contributed by atoms with Crippen molar-refractivity contribution in [1.29, 1.82) is 0 Å². The molecule has 4 atom stereocenters. The van der Waals surface area contributed by atoms with E-state index in [1.54, 1.807) is 4.90 Å². The lowest BCUT2D eigenvalue weighted by molar-refractivity contribution is -0.148. The average molecular weight is 282 g/mol. The number of carbonyl (C=O) groups excluding carboxylic acids is 1. The van der Waals surface area contributed by atoms with Crippen molar-refractivity contribution in [2.45, 2.75) is 26.2 Å². The van der Waals surface area contributed by atoms with Gasteiger partial charge in [-0.25, -0.2) is 0 Å². The van der Waals surface area contributed by atoms with Crippen LogP contribution in [0.25, 0.3) is 0 Å². The second-order valence-electron chi connectivity index (χ2n) is 6.76. The molecule has 1 aliphatic carbocycles. The number of hydrogen-bond donors (Lipinski definition) is 1. The van der Waals surface area contributed by atoms with Gasteiger partial charge in [0.25, 0.3) is 0 Å². The Bertz CT molecular complexity index is 385. The van der Waals surface area contributed by atoms with Gasteiger partial charge in [0.15, 0.2) is 0 Å². The number of aliphatic carboxylic acids is 1. The molecule has 0 bridgehead atoms. The zero-order valence-corrected chi connectivity index (χ0v) is 12.7. The van der Waals surface area contributed by atoms with Crippen molar-refractivity contribution >= 4 is 11.9 Å². The van der Waals surface area contributed by atoms with Crippen LogP contribution in [0.2, 0.25) is 0 Å². The van der Waals surface area contributed by atoms with Crippen LogP contribution in [-0.2, 0) is 9.59 Å². The van der Waals surface area contributed by atoms with Crippen LogP contribution in [0.5, 0.6) is 0 Å². The Labute approximate surface area is 120 Å². The first-order chi connectivity index (χ1) is 9.38. The van der Waals surface area contributed by atoms with E-state index in [4.69, 9.17) is 0 Å². The van der Waals surface area contributed by atoms with Crippen LogP contribution in [-0.4, -0.2) is 60.5 Å². The topological polar surface area (TPSA) is 60.9 Å². The first-order valence-electron chi connectivity index (χ1n) is 7.54. The number of amides is 1. The van der Waals surface area contributed by atoms with Crippen LogP contribution in [0.15, 0.2) is 0 Å². The molecule has 5 nitrogen and oxygen atoms in total. The lowest BCUT2D eigenvalue weighted by Crippen LogP contribution is -2.39. The largest absolute Gasteiger partial charge is 0.481 e. The van der Waals surface area contributed by atoms with Crippen molar-refractivity contribution < 1.29 is 14.7 Å². The van der Waals surface area contributed by atoms with Gasteiger partial charge >= 0.3 is 5.97 Å².